The van der Waals surface area contributed by atoms with Gasteiger partial charge in [-0.05, 0) is 42.0 Å². The summed E-state index contributed by atoms with van der Waals surface area (Å²) in [6.07, 6.45) is 1.60. The number of amides is 1. The van der Waals surface area contributed by atoms with E-state index in [1.165, 1.54) is 11.8 Å². The Morgan fingerprint density at radius 2 is 1.85 bits per heavy atom. The summed E-state index contributed by atoms with van der Waals surface area (Å²) in [4.78, 5) is 12.5. The van der Waals surface area contributed by atoms with E-state index in [1.54, 1.807) is 25.5 Å². The standard InChI is InChI=1S/C24H24N4O4S/c1-30-14-15-31-20-11-9-19(10-12-20)25-22(29)17-33-24-27-26-23(21-8-5-13-32-21)28(24)16-18-6-3-2-4-7-18/h2-13H,14-17H2,1H3,(H,25,29). The van der Waals surface area contributed by atoms with Gasteiger partial charge in [-0.1, -0.05) is 42.1 Å². The molecule has 0 saturated heterocycles. The second-order valence-electron chi connectivity index (χ2n) is 7.06. The number of methoxy groups -OCH3 is 1. The third-order valence-corrected chi connectivity index (χ3v) is 5.64. The van der Waals surface area contributed by atoms with E-state index < -0.39 is 0 Å². The van der Waals surface area contributed by atoms with Gasteiger partial charge in [0.2, 0.25) is 11.7 Å². The molecule has 4 aromatic rings. The Hall–Kier alpha value is -3.56. The Balaban J connectivity index is 1.40. The minimum atomic E-state index is -0.137. The Labute approximate surface area is 195 Å². The van der Waals surface area contributed by atoms with Crippen LogP contribution in [0.2, 0.25) is 0 Å². The van der Waals surface area contributed by atoms with Crippen LogP contribution in [-0.2, 0) is 16.1 Å². The number of thioether (sulfide) groups is 1. The van der Waals surface area contributed by atoms with Crippen molar-refractivity contribution >= 4 is 23.4 Å². The third kappa shape index (κ3) is 6.24. The van der Waals surface area contributed by atoms with Crippen LogP contribution in [0.4, 0.5) is 5.69 Å². The molecule has 0 fully saturated rings. The molecule has 0 aliphatic heterocycles. The van der Waals surface area contributed by atoms with E-state index in [2.05, 4.69) is 15.5 Å². The molecule has 2 aromatic heterocycles. The number of nitrogens with one attached hydrogen (secondary N) is 1. The van der Waals surface area contributed by atoms with Gasteiger partial charge in [0.05, 0.1) is 25.2 Å². The Kier molecular flexibility index (Phi) is 7.78. The summed E-state index contributed by atoms with van der Waals surface area (Å²) < 4.78 is 18.0. The summed E-state index contributed by atoms with van der Waals surface area (Å²) in [5, 5.41) is 12.1. The van der Waals surface area contributed by atoms with Crippen molar-refractivity contribution in [3.8, 4) is 17.3 Å². The molecule has 2 aromatic carbocycles. The van der Waals surface area contributed by atoms with Gasteiger partial charge >= 0.3 is 0 Å². The van der Waals surface area contributed by atoms with Crippen LogP contribution in [0, 0.1) is 0 Å². The first-order valence-corrected chi connectivity index (χ1v) is 11.4. The van der Waals surface area contributed by atoms with Crippen LogP contribution in [0.25, 0.3) is 11.6 Å². The highest BCUT2D eigenvalue weighted by molar-refractivity contribution is 7.99. The lowest BCUT2D eigenvalue weighted by Crippen LogP contribution is -2.15. The van der Waals surface area contributed by atoms with Gasteiger partial charge in [-0.2, -0.15) is 0 Å². The molecule has 0 bridgehead atoms. The Morgan fingerprint density at radius 3 is 2.58 bits per heavy atom. The molecule has 0 saturated carbocycles. The van der Waals surface area contributed by atoms with E-state index in [9.17, 15) is 4.79 Å². The van der Waals surface area contributed by atoms with Crippen LogP contribution in [0.5, 0.6) is 5.75 Å². The largest absolute Gasteiger partial charge is 0.491 e. The van der Waals surface area contributed by atoms with Crippen molar-refractivity contribution in [3.05, 3.63) is 78.6 Å². The number of aromatic nitrogens is 3. The molecule has 0 aliphatic carbocycles. The number of carbonyl (C=O) groups is 1. The number of furan rings is 1. The SMILES string of the molecule is COCCOc1ccc(NC(=O)CSc2nnc(-c3ccco3)n2Cc2ccccc2)cc1. The smallest absolute Gasteiger partial charge is 0.234 e. The fraction of sp³-hybridized carbons (Fsp3) is 0.208. The first-order chi connectivity index (χ1) is 16.2. The molecule has 170 valence electrons. The highest BCUT2D eigenvalue weighted by Gasteiger charge is 2.18. The van der Waals surface area contributed by atoms with Crippen molar-refractivity contribution in [1.82, 2.24) is 14.8 Å². The maximum Gasteiger partial charge on any atom is 0.234 e. The van der Waals surface area contributed by atoms with Crippen LogP contribution in [0.1, 0.15) is 5.56 Å². The van der Waals surface area contributed by atoms with Gasteiger partial charge in [-0.15, -0.1) is 10.2 Å². The minimum absolute atomic E-state index is 0.137. The number of carbonyl (C=O) groups excluding carboxylic acids is 1. The summed E-state index contributed by atoms with van der Waals surface area (Å²) in [6.45, 7) is 1.56. The van der Waals surface area contributed by atoms with Crippen molar-refractivity contribution in [2.75, 3.05) is 31.4 Å². The maximum absolute atomic E-state index is 12.5. The van der Waals surface area contributed by atoms with Crippen molar-refractivity contribution in [3.63, 3.8) is 0 Å². The lowest BCUT2D eigenvalue weighted by molar-refractivity contribution is -0.113. The highest BCUT2D eigenvalue weighted by atomic mass is 32.2. The van der Waals surface area contributed by atoms with Gasteiger partial charge in [0.25, 0.3) is 0 Å². The van der Waals surface area contributed by atoms with E-state index in [0.717, 1.165) is 11.3 Å². The van der Waals surface area contributed by atoms with Crippen molar-refractivity contribution < 1.29 is 18.7 Å². The summed E-state index contributed by atoms with van der Waals surface area (Å²) in [6, 6.07) is 20.9. The van der Waals surface area contributed by atoms with Crippen molar-refractivity contribution in [2.45, 2.75) is 11.7 Å². The summed E-state index contributed by atoms with van der Waals surface area (Å²) in [5.41, 5.74) is 1.80. The Morgan fingerprint density at radius 1 is 1.03 bits per heavy atom. The molecular formula is C24H24N4O4S. The third-order valence-electron chi connectivity index (χ3n) is 4.67. The zero-order chi connectivity index (χ0) is 22.9. The fourth-order valence-corrected chi connectivity index (χ4v) is 3.83. The fourth-order valence-electron chi connectivity index (χ4n) is 3.10. The molecule has 9 heteroatoms. The van der Waals surface area contributed by atoms with E-state index in [-0.39, 0.29) is 11.7 Å². The average Bonchev–Trinajstić information content (AvgIpc) is 3.50. The molecule has 0 unspecified atom stereocenters. The first-order valence-electron chi connectivity index (χ1n) is 10.4. The molecule has 1 N–H and O–H groups in total. The summed E-state index contributed by atoms with van der Waals surface area (Å²) in [7, 11) is 1.63. The number of rotatable bonds is 11. The van der Waals surface area contributed by atoms with Crippen LogP contribution in [-0.4, -0.2) is 46.7 Å². The molecular weight excluding hydrogens is 440 g/mol. The second kappa shape index (κ2) is 11.3. The van der Waals surface area contributed by atoms with Crippen molar-refractivity contribution in [2.24, 2.45) is 0 Å². The number of benzene rings is 2. The molecule has 8 nitrogen and oxygen atoms in total. The van der Waals surface area contributed by atoms with E-state index in [1.807, 2.05) is 59.2 Å². The monoisotopic (exact) mass is 464 g/mol. The number of anilines is 1. The van der Waals surface area contributed by atoms with Crippen molar-refractivity contribution in [1.29, 1.82) is 0 Å². The minimum Gasteiger partial charge on any atom is -0.491 e. The average molecular weight is 465 g/mol. The van der Waals surface area contributed by atoms with E-state index >= 15 is 0 Å². The van der Waals surface area contributed by atoms with Gasteiger partial charge in [-0.3, -0.25) is 9.36 Å². The summed E-state index contributed by atoms with van der Waals surface area (Å²) in [5.74, 6) is 2.02. The van der Waals surface area contributed by atoms with Gasteiger partial charge < -0.3 is 19.2 Å². The second-order valence-corrected chi connectivity index (χ2v) is 8.00. The molecule has 33 heavy (non-hydrogen) atoms. The van der Waals surface area contributed by atoms with Crippen LogP contribution in [0.3, 0.4) is 0 Å². The van der Waals surface area contributed by atoms with Gasteiger partial charge in [0.1, 0.15) is 12.4 Å². The van der Waals surface area contributed by atoms with E-state index in [4.69, 9.17) is 13.9 Å². The predicted octanol–water partition coefficient (Wildman–Crippen LogP) is 4.34. The van der Waals surface area contributed by atoms with Gasteiger partial charge in [0, 0.05) is 12.8 Å². The molecule has 0 aliphatic rings. The topological polar surface area (TPSA) is 91.4 Å². The first kappa shape index (κ1) is 22.6. The zero-order valence-corrected chi connectivity index (χ0v) is 19.0. The normalized spacial score (nSPS) is 10.8. The molecule has 0 spiro atoms. The molecule has 4 rings (SSSR count). The lowest BCUT2D eigenvalue weighted by atomic mass is 10.2. The summed E-state index contributed by atoms with van der Waals surface area (Å²) >= 11 is 1.33. The van der Waals surface area contributed by atoms with Gasteiger partial charge in [0.15, 0.2) is 10.9 Å². The molecule has 1 amide bonds. The molecule has 0 atom stereocenters. The van der Waals surface area contributed by atoms with E-state index in [0.29, 0.717) is 42.2 Å². The number of ether oxygens (including phenoxy) is 2. The predicted molar refractivity (Wildman–Crippen MR) is 126 cm³/mol. The number of nitrogens with zero attached hydrogens (tertiary/aromatic N) is 3. The Bertz CT molecular complexity index is 1150. The quantitative estimate of drug-likeness (QED) is 0.261. The van der Waals surface area contributed by atoms with Crippen LogP contribution in [0.15, 0.2) is 82.6 Å². The zero-order valence-electron chi connectivity index (χ0n) is 18.1. The number of hydrogen-bond donors (Lipinski definition) is 1. The number of hydrogen-bond acceptors (Lipinski definition) is 7. The van der Waals surface area contributed by atoms with Crippen LogP contribution >= 0.6 is 11.8 Å². The lowest BCUT2D eigenvalue weighted by Gasteiger charge is -2.10. The highest BCUT2D eigenvalue weighted by Crippen LogP contribution is 2.26. The molecule has 0 radical (unpaired) electrons. The maximum atomic E-state index is 12.5. The molecule has 2 heterocycles. The van der Waals surface area contributed by atoms with Gasteiger partial charge in [-0.25, -0.2) is 0 Å². The van der Waals surface area contributed by atoms with Crippen LogP contribution < -0.4 is 10.1 Å².